The molecule has 0 aliphatic heterocycles. The standard InChI is InChI=1S/C16H27N5O2/c1-5-17-16(20-13(4)12(2)3)19-11-10-18-14-8-6-7-9-15(14)21(22)23/h6-9,12-13,18H,5,10-11H2,1-4H3,(H2,17,19,20). The van der Waals surface area contributed by atoms with Crippen molar-refractivity contribution in [3.8, 4) is 0 Å². The Hall–Kier alpha value is -2.31. The van der Waals surface area contributed by atoms with Crippen LogP contribution in [0.5, 0.6) is 0 Å². The Morgan fingerprint density at radius 2 is 2.00 bits per heavy atom. The van der Waals surface area contributed by atoms with Crippen molar-refractivity contribution in [1.29, 1.82) is 0 Å². The van der Waals surface area contributed by atoms with Gasteiger partial charge in [0.25, 0.3) is 5.69 Å². The summed E-state index contributed by atoms with van der Waals surface area (Å²) in [7, 11) is 0. The fraction of sp³-hybridized carbons (Fsp3) is 0.562. The second kappa shape index (κ2) is 9.66. The Balaban J connectivity index is 2.57. The molecule has 0 amide bonds. The summed E-state index contributed by atoms with van der Waals surface area (Å²) >= 11 is 0. The molecule has 0 radical (unpaired) electrons. The number of nitro groups is 1. The van der Waals surface area contributed by atoms with E-state index in [9.17, 15) is 10.1 Å². The predicted octanol–water partition coefficient (Wildman–Crippen LogP) is 2.61. The minimum absolute atomic E-state index is 0.0786. The van der Waals surface area contributed by atoms with Crippen LogP contribution in [0.25, 0.3) is 0 Å². The molecule has 7 nitrogen and oxygen atoms in total. The van der Waals surface area contributed by atoms with Crippen molar-refractivity contribution in [1.82, 2.24) is 10.6 Å². The van der Waals surface area contributed by atoms with E-state index in [1.807, 2.05) is 6.92 Å². The average Bonchev–Trinajstić information content (AvgIpc) is 2.51. The van der Waals surface area contributed by atoms with Gasteiger partial charge in [-0.15, -0.1) is 0 Å². The van der Waals surface area contributed by atoms with Crippen LogP contribution in [0.4, 0.5) is 11.4 Å². The highest BCUT2D eigenvalue weighted by Crippen LogP contribution is 2.22. The Morgan fingerprint density at radius 3 is 2.61 bits per heavy atom. The molecule has 1 unspecified atom stereocenters. The molecule has 0 heterocycles. The third-order valence-corrected chi connectivity index (χ3v) is 3.51. The summed E-state index contributed by atoms with van der Waals surface area (Å²) in [6.45, 7) is 10.3. The highest BCUT2D eigenvalue weighted by atomic mass is 16.6. The number of guanidine groups is 1. The predicted molar refractivity (Wildman–Crippen MR) is 95.0 cm³/mol. The summed E-state index contributed by atoms with van der Waals surface area (Å²) in [5.41, 5.74) is 0.594. The van der Waals surface area contributed by atoms with Gasteiger partial charge in [-0.05, 0) is 25.8 Å². The van der Waals surface area contributed by atoms with Gasteiger partial charge in [0.05, 0.1) is 11.5 Å². The maximum absolute atomic E-state index is 11.0. The number of nitrogens with one attached hydrogen (secondary N) is 3. The zero-order valence-corrected chi connectivity index (χ0v) is 14.3. The number of nitrogens with zero attached hydrogens (tertiary/aromatic N) is 2. The van der Waals surface area contributed by atoms with E-state index >= 15 is 0 Å². The highest BCUT2D eigenvalue weighted by molar-refractivity contribution is 5.80. The number of hydrogen-bond acceptors (Lipinski definition) is 4. The fourth-order valence-corrected chi connectivity index (χ4v) is 1.84. The van der Waals surface area contributed by atoms with Crippen molar-refractivity contribution in [2.45, 2.75) is 33.7 Å². The van der Waals surface area contributed by atoms with Gasteiger partial charge in [0, 0.05) is 25.2 Å². The van der Waals surface area contributed by atoms with Gasteiger partial charge in [-0.2, -0.15) is 0 Å². The van der Waals surface area contributed by atoms with E-state index in [0.717, 1.165) is 12.5 Å². The van der Waals surface area contributed by atoms with E-state index in [-0.39, 0.29) is 10.6 Å². The number of para-hydroxylation sites is 2. The van der Waals surface area contributed by atoms with E-state index < -0.39 is 0 Å². The Morgan fingerprint density at radius 1 is 1.30 bits per heavy atom. The van der Waals surface area contributed by atoms with Crippen molar-refractivity contribution in [2.75, 3.05) is 25.0 Å². The zero-order valence-electron chi connectivity index (χ0n) is 14.3. The van der Waals surface area contributed by atoms with Crippen LogP contribution in [0.15, 0.2) is 29.3 Å². The molecule has 3 N–H and O–H groups in total. The zero-order chi connectivity index (χ0) is 17.2. The maximum Gasteiger partial charge on any atom is 0.292 e. The lowest BCUT2D eigenvalue weighted by molar-refractivity contribution is -0.384. The summed E-state index contributed by atoms with van der Waals surface area (Å²) in [6, 6.07) is 6.93. The van der Waals surface area contributed by atoms with Gasteiger partial charge >= 0.3 is 0 Å². The summed E-state index contributed by atoms with van der Waals surface area (Å²) in [4.78, 5) is 15.1. The number of aliphatic imine (C=N–C) groups is 1. The molecule has 7 heteroatoms. The Labute approximate surface area is 137 Å². The van der Waals surface area contributed by atoms with E-state index in [1.165, 1.54) is 6.07 Å². The molecule has 0 saturated heterocycles. The monoisotopic (exact) mass is 321 g/mol. The number of benzene rings is 1. The van der Waals surface area contributed by atoms with Crippen LogP contribution in [0, 0.1) is 16.0 Å². The van der Waals surface area contributed by atoms with Crippen LogP contribution >= 0.6 is 0 Å². The smallest absolute Gasteiger partial charge is 0.292 e. The van der Waals surface area contributed by atoms with Crippen LogP contribution in [0.1, 0.15) is 27.7 Å². The lowest BCUT2D eigenvalue weighted by atomic mass is 10.1. The second-order valence-corrected chi connectivity index (χ2v) is 5.64. The lowest BCUT2D eigenvalue weighted by Crippen LogP contribution is -2.44. The summed E-state index contributed by atoms with van der Waals surface area (Å²) < 4.78 is 0. The van der Waals surface area contributed by atoms with Crippen LogP contribution in [-0.4, -0.2) is 36.6 Å². The molecular formula is C16H27N5O2. The van der Waals surface area contributed by atoms with Gasteiger partial charge in [0.2, 0.25) is 0 Å². The van der Waals surface area contributed by atoms with Gasteiger partial charge in [-0.1, -0.05) is 26.0 Å². The van der Waals surface area contributed by atoms with Gasteiger partial charge in [0.1, 0.15) is 5.69 Å². The molecule has 0 spiro atoms. The van der Waals surface area contributed by atoms with Crippen molar-refractivity contribution in [2.24, 2.45) is 10.9 Å². The molecule has 0 aliphatic carbocycles. The highest BCUT2D eigenvalue weighted by Gasteiger charge is 2.11. The summed E-state index contributed by atoms with van der Waals surface area (Å²) in [6.07, 6.45) is 0. The Kier molecular flexibility index (Phi) is 7.87. The molecule has 1 aromatic carbocycles. The SMILES string of the molecule is CCNC(=NCCNc1ccccc1[N+](=O)[O-])NC(C)C(C)C. The first kappa shape index (κ1) is 18.7. The summed E-state index contributed by atoms with van der Waals surface area (Å²) in [5.74, 6) is 1.27. The van der Waals surface area contributed by atoms with Crippen molar-refractivity contribution < 1.29 is 4.92 Å². The van der Waals surface area contributed by atoms with Crippen molar-refractivity contribution in [3.63, 3.8) is 0 Å². The largest absolute Gasteiger partial charge is 0.378 e. The number of nitro benzene ring substituents is 1. The lowest BCUT2D eigenvalue weighted by Gasteiger charge is -2.20. The second-order valence-electron chi connectivity index (χ2n) is 5.64. The third kappa shape index (κ3) is 6.54. The van der Waals surface area contributed by atoms with E-state index in [4.69, 9.17) is 0 Å². The first-order valence-electron chi connectivity index (χ1n) is 7.97. The normalized spacial score (nSPS) is 12.8. The van der Waals surface area contributed by atoms with Gasteiger partial charge < -0.3 is 16.0 Å². The molecule has 0 aliphatic rings. The van der Waals surface area contributed by atoms with Gasteiger partial charge in [0.15, 0.2) is 5.96 Å². The molecule has 0 fully saturated rings. The quantitative estimate of drug-likeness (QED) is 0.225. The first-order chi connectivity index (χ1) is 11.0. The number of anilines is 1. The summed E-state index contributed by atoms with van der Waals surface area (Å²) in [5, 5.41) is 20.6. The molecule has 128 valence electrons. The van der Waals surface area contributed by atoms with Crippen LogP contribution in [-0.2, 0) is 0 Å². The van der Waals surface area contributed by atoms with Crippen LogP contribution in [0.2, 0.25) is 0 Å². The van der Waals surface area contributed by atoms with Crippen LogP contribution in [0.3, 0.4) is 0 Å². The van der Waals surface area contributed by atoms with E-state index in [2.05, 4.69) is 41.7 Å². The fourth-order valence-electron chi connectivity index (χ4n) is 1.84. The molecular weight excluding hydrogens is 294 g/mol. The van der Waals surface area contributed by atoms with Gasteiger partial charge in [-0.3, -0.25) is 15.1 Å². The maximum atomic E-state index is 11.0. The minimum Gasteiger partial charge on any atom is -0.378 e. The molecule has 23 heavy (non-hydrogen) atoms. The number of hydrogen-bond donors (Lipinski definition) is 3. The molecule has 0 bridgehead atoms. The van der Waals surface area contributed by atoms with Crippen LogP contribution < -0.4 is 16.0 Å². The topological polar surface area (TPSA) is 91.6 Å². The molecule has 1 atom stereocenters. The molecule has 1 rings (SSSR count). The van der Waals surface area contributed by atoms with Gasteiger partial charge in [-0.25, -0.2) is 0 Å². The molecule has 0 saturated carbocycles. The van der Waals surface area contributed by atoms with E-state index in [0.29, 0.717) is 30.7 Å². The average molecular weight is 321 g/mol. The molecule has 0 aromatic heterocycles. The number of rotatable bonds is 8. The first-order valence-corrected chi connectivity index (χ1v) is 7.97. The third-order valence-electron chi connectivity index (χ3n) is 3.51. The van der Waals surface area contributed by atoms with Crippen molar-refractivity contribution >= 4 is 17.3 Å². The molecule has 1 aromatic rings. The minimum atomic E-state index is -0.387. The van der Waals surface area contributed by atoms with E-state index in [1.54, 1.807) is 18.2 Å². The Bertz CT molecular complexity index is 531. The van der Waals surface area contributed by atoms with Crippen molar-refractivity contribution in [3.05, 3.63) is 34.4 Å².